The van der Waals surface area contributed by atoms with Gasteiger partial charge in [-0.1, -0.05) is 66.2 Å². The molecule has 0 spiro atoms. The van der Waals surface area contributed by atoms with Crippen molar-refractivity contribution in [2.45, 2.75) is 105 Å². The van der Waals surface area contributed by atoms with E-state index in [-0.39, 0.29) is 11.3 Å². The molecule has 6 nitrogen and oxygen atoms in total. The Morgan fingerprint density at radius 2 is 1.44 bits per heavy atom. The summed E-state index contributed by atoms with van der Waals surface area (Å²) in [5.41, 5.74) is 0.0623. The lowest BCUT2D eigenvalue weighted by Gasteiger charge is -2.44. The van der Waals surface area contributed by atoms with Crippen molar-refractivity contribution in [1.29, 1.82) is 0 Å². The zero-order valence-electron chi connectivity index (χ0n) is 23.6. The van der Waals surface area contributed by atoms with Gasteiger partial charge in [-0.25, -0.2) is 0 Å². The van der Waals surface area contributed by atoms with Gasteiger partial charge in [-0.05, 0) is 33.1 Å². The summed E-state index contributed by atoms with van der Waals surface area (Å²) in [7, 11) is 0. The zero-order valence-corrected chi connectivity index (χ0v) is 23.6. The Morgan fingerprint density at radius 1 is 0.794 bits per heavy atom. The van der Waals surface area contributed by atoms with Crippen molar-refractivity contribution in [3.8, 4) is 0 Å². The molecule has 1 aliphatic heterocycles. The van der Waals surface area contributed by atoms with Gasteiger partial charge >= 0.3 is 0 Å². The average Bonchev–Trinajstić information content (AvgIpc) is 2.84. The Kier molecular flexibility index (Phi) is 16.3. The molecule has 1 heterocycles. The highest BCUT2D eigenvalue weighted by Gasteiger charge is 2.30. The second kappa shape index (κ2) is 17.7. The lowest BCUT2D eigenvalue weighted by atomic mass is 9.81. The van der Waals surface area contributed by atoms with Crippen LogP contribution in [0.2, 0.25) is 0 Å². The molecule has 1 saturated heterocycles. The number of hydrogen-bond acceptors (Lipinski definition) is 5. The van der Waals surface area contributed by atoms with Crippen LogP contribution in [-0.4, -0.2) is 86.9 Å². The van der Waals surface area contributed by atoms with Gasteiger partial charge < -0.3 is 14.8 Å². The SMILES string of the molecule is CCCCCCC(C)(CC)C(=O)NCCOCCOCCN1CCN(C(C)(C)CCCC)CC1. The van der Waals surface area contributed by atoms with Crippen LogP contribution in [0, 0.1) is 5.41 Å². The Bertz CT molecular complexity index is 521. The molecule has 0 aromatic rings. The summed E-state index contributed by atoms with van der Waals surface area (Å²) in [6, 6.07) is 0. The Balaban J connectivity index is 2.04. The van der Waals surface area contributed by atoms with Gasteiger partial charge in [0.1, 0.15) is 0 Å². The standard InChI is InChI=1S/C28H57N3O3/c1-7-10-12-13-15-28(6,9-3)26(32)29-16-22-33-24-25-34-23-21-30-17-19-31(20-18-30)27(4,5)14-11-8-2/h7-25H2,1-6H3,(H,29,32). The van der Waals surface area contributed by atoms with Crippen LogP contribution in [0.4, 0.5) is 0 Å². The smallest absolute Gasteiger partial charge is 0.226 e. The second-order valence-corrected chi connectivity index (χ2v) is 11.0. The normalized spacial score (nSPS) is 17.6. The Labute approximate surface area is 211 Å². The van der Waals surface area contributed by atoms with Gasteiger partial charge in [0, 0.05) is 50.2 Å². The van der Waals surface area contributed by atoms with Crippen LogP contribution < -0.4 is 5.32 Å². The molecule has 0 aliphatic carbocycles. The van der Waals surface area contributed by atoms with Crippen molar-refractivity contribution < 1.29 is 14.3 Å². The fourth-order valence-electron chi connectivity index (χ4n) is 4.70. The third-order valence-electron chi connectivity index (χ3n) is 7.74. The number of nitrogens with zero attached hydrogens (tertiary/aromatic N) is 2. The maximum Gasteiger partial charge on any atom is 0.226 e. The Morgan fingerprint density at radius 3 is 2.06 bits per heavy atom. The summed E-state index contributed by atoms with van der Waals surface area (Å²) in [5, 5.41) is 3.07. The Hall–Kier alpha value is -0.690. The third kappa shape index (κ3) is 12.3. The molecule has 34 heavy (non-hydrogen) atoms. The fourth-order valence-corrected chi connectivity index (χ4v) is 4.70. The molecule has 1 amide bonds. The molecule has 202 valence electrons. The lowest BCUT2D eigenvalue weighted by Crippen LogP contribution is -2.55. The number of piperazine rings is 1. The summed E-state index contributed by atoms with van der Waals surface area (Å²) >= 11 is 0. The summed E-state index contributed by atoms with van der Waals surface area (Å²) in [6.45, 7) is 22.1. The van der Waals surface area contributed by atoms with E-state index in [1.54, 1.807) is 0 Å². The van der Waals surface area contributed by atoms with E-state index < -0.39 is 0 Å². The molecule has 1 aliphatic rings. The minimum Gasteiger partial charge on any atom is -0.378 e. The number of carbonyl (C=O) groups excluding carboxylic acids is 1. The number of unbranched alkanes of at least 4 members (excludes halogenated alkanes) is 4. The molecule has 0 bridgehead atoms. The first kappa shape index (κ1) is 31.3. The number of amides is 1. The van der Waals surface area contributed by atoms with E-state index in [0.29, 0.717) is 31.9 Å². The molecule has 0 saturated carbocycles. The van der Waals surface area contributed by atoms with Gasteiger partial charge in [-0.2, -0.15) is 0 Å². The van der Waals surface area contributed by atoms with Crippen LogP contribution in [0.5, 0.6) is 0 Å². The molecule has 0 radical (unpaired) electrons. The van der Waals surface area contributed by atoms with Crippen LogP contribution in [0.15, 0.2) is 0 Å². The molecule has 0 aromatic carbocycles. The van der Waals surface area contributed by atoms with Crippen LogP contribution in [0.1, 0.15) is 99.3 Å². The second-order valence-electron chi connectivity index (χ2n) is 11.0. The first-order valence-electron chi connectivity index (χ1n) is 14.2. The third-order valence-corrected chi connectivity index (χ3v) is 7.74. The maximum atomic E-state index is 12.6. The average molecular weight is 484 g/mol. The fraction of sp³-hybridized carbons (Fsp3) is 0.964. The molecule has 6 heteroatoms. The number of rotatable bonds is 20. The summed E-state index contributed by atoms with van der Waals surface area (Å²) in [6.07, 6.45) is 10.6. The number of ether oxygens (including phenoxy) is 2. The van der Waals surface area contributed by atoms with Gasteiger partial charge in [-0.3, -0.25) is 14.6 Å². The van der Waals surface area contributed by atoms with Crippen molar-refractivity contribution in [3.05, 3.63) is 0 Å². The number of nitrogens with one attached hydrogen (secondary N) is 1. The molecule has 1 rings (SSSR count). The van der Waals surface area contributed by atoms with Crippen molar-refractivity contribution in [1.82, 2.24) is 15.1 Å². The van der Waals surface area contributed by atoms with E-state index in [9.17, 15) is 4.79 Å². The van der Waals surface area contributed by atoms with E-state index in [1.807, 2.05) is 0 Å². The van der Waals surface area contributed by atoms with Gasteiger partial charge in [-0.15, -0.1) is 0 Å². The predicted octanol–water partition coefficient (Wildman–Crippen LogP) is 5.11. The monoisotopic (exact) mass is 483 g/mol. The van der Waals surface area contributed by atoms with Gasteiger partial charge in [0.25, 0.3) is 0 Å². The van der Waals surface area contributed by atoms with E-state index in [1.165, 1.54) is 38.5 Å². The van der Waals surface area contributed by atoms with E-state index in [0.717, 1.165) is 58.6 Å². The largest absolute Gasteiger partial charge is 0.378 e. The van der Waals surface area contributed by atoms with Gasteiger partial charge in [0.15, 0.2) is 0 Å². The van der Waals surface area contributed by atoms with Gasteiger partial charge in [0.05, 0.1) is 26.4 Å². The lowest BCUT2D eigenvalue weighted by molar-refractivity contribution is -0.131. The van der Waals surface area contributed by atoms with Crippen LogP contribution in [-0.2, 0) is 14.3 Å². The molecule has 1 fully saturated rings. The molecular weight excluding hydrogens is 426 g/mol. The highest BCUT2D eigenvalue weighted by molar-refractivity contribution is 5.82. The number of hydrogen-bond donors (Lipinski definition) is 1. The van der Waals surface area contributed by atoms with E-state index in [2.05, 4.69) is 56.7 Å². The number of carbonyl (C=O) groups is 1. The minimum absolute atomic E-state index is 0.167. The summed E-state index contributed by atoms with van der Waals surface area (Å²) < 4.78 is 11.4. The predicted molar refractivity (Wildman–Crippen MR) is 143 cm³/mol. The van der Waals surface area contributed by atoms with E-state index in [4.69, 9.17) is 9.47 Å². The van der Waals surface area contributed by atoms with Crippen LogP contribution >= 0.6 is 0 Å². The molecular formula is C28H57N3O3. The molecule has 1 N–H and O–H groups in total. The highest BCUT2D eigenvalue weighted by atomic mass is 16.5. The maximum absolute atomic E-state index is 12.6. The summed E-state index contributed by atoms with van der Waals surface area (Å²) in [4.78, 5) is 17.8. The van der Waals surface area contributed by atoms with Crippen molar-refractivity contribution >= 4 is 5.91 Å². The first-order chi connectivity index (χ1) is 16.3. The van der Waals surface area contributed by atoms with Crippen LogP contribution in [0.25, 0.3) is 0 Å². The molecule has 0 aromatic heterocycles. The quantitative estimate of drug-likeness (QED) is 0.244. The van der Waals surface area contributed by atoms with E-state index >= 15 is 0 Å². The topological polar surface area (TPSA) is 54.0 Å². The van der Waals surface area contributed by atoms with Crippen LogP contribution in [0.3, 0.4) is 0 Å². The zero-order chi connectivity index (χ0) is 25.3. The highest BCUT2D eigenvalue weighted by Crippen LogP contribution is 2.29. The summed E-state index contributed by atoms with van der Waals surface area (Å²) in [5.74, 6) is 0.167. The van der Waals surface area contributed by atoms with Gasteiger partial charge in [0.2, 0.25) is 5.91 Å². The van der Waals surface area contributed by atoms with Crippen molar-refractivity contribution in [3.63, 3.8) is 0 Å². The molecule has 1 unspecified atom stereocenters. The molecule has 1 atom stereocenters. The van der Waals surface area contributed by atoms with Crippen molar-refractivity contribution in [2.75, 3.05) is 65.7 Å². The van der Waals surface area contributed by atoms with Crippen molar-refractivity contribution in [2.24, 2.45) is 5.41 Å². The minimum atomic E-state index is -0.256. The first-order valence-corrected chi connectivity index (χ1v) is 14.2.